The van der Waals surface area contributed by atoms with E-state index in [2.05, 4.69) is 40.0 Å². The molecule has 0 heterocycles. The molecule has 0 unspecified atom stereocenters. The van der Waals surface area contributed by atoms with Gasteiger partial charge in [-0.2, -0.15) is 0 Å². The van der Waals surface area contributed by atoms with Crippen LogP contribution < -0.4 is 4.90 Å². The molecule has 0 atom stereocenters. The average Bonchev–Trinajstić information content (AvgIpc) is 2.81. The SMILES string of the molecule is CN(c1ccc(CO)c(Br)c1)C1CCCC1. The first-order valence-electron chi connectivity index (χ1n) is 5.84. The number of anilines is 1. The number of benzene rings is 1. The van der Waals surface area contributed by atoms with Crippen LogP contribution in [-0.2, 0) is 6.61 Å². The van der Waals surface area contributed by atoms with Gasteiger partial charge in [0.25, 0.3) is 0 Å². The van der Waals surface area contributed by atoms with E-state index in [-0.39, 0.29) is 6.61 Å². The van der Waals surface area contributed by atoms with Crippen molar-refractivity contribution in [2.24, 2.45) is 0 Å². The number of rotatable bonds is 3. The van der Waals surface area contributed by atoms with E-state index >= 15 is 0 Å². The molecule has 2 rings (SSSR count). The second-order valence-electron chi connectivity index (χ2n) is 4.48. The largest absolute Gasteiger partial charge is 0.392 e. The van der Waals surface area contributed by atoms with Crippen LogP contribution in [-0.4, -0.2) is 18.2 Å². The number of aliphatic hydroxyl groups is 1. The smallest absolute Gasteiger partial charge is 0.0692 e. The monoisotopic (exact) mass is 283 g/mol. The Bertz CT molecular complexity index is 361. The number of hydrogen-bond acceptors (Lipinski definition) is 2. The Morgan fingerprint density at radius 2 is 2.06 bits per heavy atom. The van der Waals surface area contributed by atoms with E-state index in [1.54, 1.807) is 0 Å². The van der Waals surface area contributed by atoms with Crippen LogP contribution in [0.15, 0.2) is 22.7 Å². The number of nitrogens with zero attached hydrogens (tertiary/aromatic N) is 1. The van der Waals surface area contributed by atoms with Gasteiger partial charge in [-0.3, -0.25) is 0 Å². The summed E-state index contributed by atoms with van der Waals surface area (Å²) in [5.41, 5.74) is 2.18. The first-order chi connectivity index (χ1) is 7.72. The molecule has 0 aromatic heterocycles. The van der Waals surface area contributed by atoms with E-state index in [0.717, 1.165) is 10.0 Å². The molecular weight excluding hydrogens is 266 g/mol. The minimum absolute atomic E-state index is 0.0913. The van der Waals surface area contributed by atoms with Crippen molar-refractivity contribution in [1.29, 1.82) is 0 Å². The predicted octanol–water partition coefficient (Wildman–Crippen LogP) is 3.32. The molecule has 0 radical (unpaired) electrons. The van der Waals surface area contributed by atoms with Gasteiger partial charge in [0.1, 0.15) is 0 Å². The van der Waals surface area contributed by atoms with Crippen molar-refractivity contribution in [2.45, 2.75) is 38.3 Å². The van der Waals surface area contributed by atoms with Gasteiger partial charge in [-0.25, -0.2) is 0 Å². The Morgan fingerprint density at radius 3 is 2.62 bits per heavy atom. The molecular formula is C13H18BrNO. The fourth-order valence-electron chi connectivity index (χ4n) is 2.39. The molecule has 88 valence electrons. The number of hydrogen-bond donors (Lipinski definition) is 1. The van der Waals surface area contributed by atoms with Crippen molar-refractivity contribution in [1.82, 2.24) is 0 Å². The molecule has 0 saturated heterocycles. The molecule has 0 amide bonds. The van der Waals surface area contributed by atoms with Crippen molar-refractivity contribution < 1.29 is 5.11 Å². The fraction of sp³-hybridized carbons (Fsp3) is 0.538. The Morgan fingerprint density at radius 1 is 1.38 bits per heavy atom. The third-order valence-electron chi connectivity index (χ3n) is 3.49. The second-order valence-corrected chi connectivity index (χ2v) is 5.34. The molecule has 1 aromatic carbocycles. The summed E-state index contributed by atoms with van der Waals surface area (Å²) < 4.78 is 0.998. The lowest BCUT2D eigenvalue weighted by Gasteiger charge is -2.27. The maximum Gasteiger partial charge on any atom is 0.0692 e. The standard InChI is InChI=1S/C13H18BrNO/c1-15(11-4-2-3-5-11)12-7-6-10(9-16)13(14)8-12/h6-8,11,16H,2-5,9H2,1H3. The van der Waals surface area contributed by atoms with Gasteiger partial charge in [-0.15, -0.1) is 0 Å². The number of aliphatic hydroxyl groups excluding tert-OH is 1. The van der Waals surface area contributed by atoms with Crippen LogP contribution in [0.5, 0.6) is 0 Å². The van der Waals surface area contributed by atoms with Crippen molar-refractivity contribution in [3.05, 3.63) is 28.2 Å². The lowest BCUT2D eigenvalue weighted by atomic mass is 10.1. The minimum atomic E-state index is 0.0913. The first kappa shape index (κ1) is 11.9. The Hall–Kier alpha value is -0.540. The molecule has 2 nitrogen and oxygen atoms in total. The van der Waals surface area contributed by atoms with E-state index in [9.17, 15) is 0 Å². The number of halogens is 1. The zero-order valence-corrected chi connectivity index (χ0v) is 11.2. The van der Waals surface area contributed by atoms with Crippen LogP contribution in [0.4, 0.5) is 5.69 Å². The van der Waals surface area contributed by atoms with Gasteiger partial charge in [0.2, 0.25) is 0 Å². The van der Waals surface area contributed by atoms with Crippen LogP contribution in [0, 0.1) is 0 Å². The third kappa shape index (κ3) is 2.41. The van der Waals surface area contributed by atoms with E-state index < -0.39 is 0 Å². The Labute approximate surface area is 105 Å². The van der Waals surface area contributed by atoms with Crippen molar-refractivity contribution in [3.8, 4) is 0 Å². The normalized spacial score (nSPS) is 16.7. The highest BCUT2D eigenvalue weighted by atomic mass is 79.9. The summed E-state index contributed by atoms with van der Waals surface area (Å²) >= 11 is 3.50. The highest BCUT2D eigenvalue weighted by molar-refractivity contribution is 9.10. The van der Waals surface area contributed by atoms with Gasteiger partial charge in [0.15, 0.2) is 0 Å². The molecule has 1 aromatic rings. The van der Waals surface area contributed by atoms with Crippen molar-refractivity contribution in [2.75, 3.05) is 11.9 Å². The fourth-order valence-corrected chi connectivity index (χ4v) is 2.88. The van der Waals surface area contributed by atoms with Gasteiger partial charge in [-0.05, 0) is 30.5 Å². The van der Waals surface area contributed by atoms with Gasteiger partial charge in [-0.1, -0.05) is 34.8 Å². The summed E-state index contributed by atoms with van der Waals surface area (Å²) in [6.45, 7) is 0.0913. The first-order valence-corrected chi connectivity index (χ1v) is 6.64. The summed E-state index contributed by atoms with van der Waals surface area (Å²) in [5, 5.41) is 9.12. The maximum absolute atomic E-state index is 9.12. The highest BCUT2D eigenvalue weighted by Gasteiger charge is 2.20. The summed E-state index contributed by atoms with van der Waals surface area (Å²) in [6.07, 6.45) is 5.31. The van der Waals surface area contributed by atoms with Crippen molar-refractivity contribution in [3.63, 3.8) is 0 Å². The van der Waals surface area contributed by atoms with Gasteiger partial charge >= 0.3 is 0 Å². The molecule has 0 aliphatic heterocycles. The van der Waals surface area contributed by atoms with Crippen LogP contribution in [0.1, 0.15) is 31.2 Å². The Balaban J connectivity index is 2.16. The molecule has 1 aliphatic carbocycles. The molecule has 1 N–H and O–H groups in total. The maximum atomic E-state index is 9.12. The van der Waals surface area contributed by atoms with Crippen LogP contribution in [0.25, 0.3) is 0 Å². The second kappa shape index (κ2) is 5.19. The zero-order chi connectivity index (χ0) is 11.5. The average molecular weight is 284 g/mol. The van der Waals surface area contributed by atoms with E-state index in [1.807, 2.05) is 6.07 Å². The molecule has 1 fully saturated rings. The van der Waals surface area contributed by atoms with E-state index in [0.29, 0.717) is 6.04 Å². The third-order valence-corrected chi connectivity index (χ3v) is 4.22. The highest BCUT2D eigenvalue weighted by Crippen LogP contribution is 2.29. The van der Waals surface area contributed by atoms with Crippen LogP contribution in [0.3, 0.4) is 0 Å². The van der Waals surface area contributed by atoms with Gasteiger partial charge in [0.05, 0.1) is 6.61 Å². The molecule has 3 heteroatoms. The molecule has 1 aliphatic rings. The summed E-state index contributed by atoms with van der Waals surface area (Å²) in [7, 11) is 2.16. The van der Waals surface area contributed by atoms with Gasteiger partial charge in [0, 0.05) is 23.2 Å². The lowest BCUT2D eigenvalue weighted by Crippen LogP contribution is -2.28. The van der Waals surface area contributed by atoms with Crippen LogP contribution >= 0.6 is 15.9 Å². The van der Waals surface area contributed by atoms with E-state index in [4.69, 9.17) is 5.11 Å². The van der Waals surface area contributed by atoms with E-state index in [1.165, 1.54) is 31.4 Å². The molecule has 0 spiro atoms. The lowest BCUT2D eigenvalue weighted by molar-refractivity contribution is 0.281. The van der Waals surface area contributed by atoms with Gasteiger partial charge < -0.3 is 10.0 Å². The minimum Gasteiger partial charge on any atom is -0.392 e. The molecule has 1 saturated carbocycles. The van der Waals surface area contributed by atoms with Crippen LogP contribution in [0.2, 0.25) is 0 Å². The quantitative estimate of drug-likeness (QED) is 0.920. The predicted molar refractivity (Wildman–Crippen MR) is 70.7 cm³/mol. The molecule has 16 heavy (non-hydrogen) atoms. The topological polar surface area (TPSA) is 23.5 Å². The zero-order valence-electron chi connectivity index (χ0n) is 9.62. The summed E-state index contributed by atoms with van der Waals surface area (Å²) in [4.78, 5) is 2.36. The summed E-state index contributed by atoms with van der Waals surface area (Å²) in [5.74, 6) is 0. The Kier molecular flexibility index (Phi) is 3.87. The van der Waals surface area contributed by atoms with Crippen molar-refractivity contribution >= 4 is 21.6 Å². The molecule has 0 bridgehead atoms. The summed E-state index contributed by atoms with van der Waals surface area (Å²) in [6, 6.07) is 6.87.